The Hall–Kier alpha value is -3.93. The van der Waals surface area contributed by atoms with E-state index in [9.17, 15) is 14.4 Å². The van der Waals surface area contributed by atoms with Gasteiger partial charge in [-0.1, -0.05) is 265 Å². The zero-order valence-electron chi connectivity index (χ0n) is 50.4. The van der Waals surface area contributed by atoms with Gasteiger partial charge in [-0.05, 0) is 128 Å². The number of allylic oxidation sites excluding steroid dienone is 18. The van der Waals surface area contributed by atoms with Crippen LogP contribution in [0.25, 0.3) is 0 Å². The summed E-state index contributed by atoms with van der Waals surface area (Å²) in [7, 11) is 0. The molecule has 6 heteroatoms. The molecule has 0 saturated carbocycles. The zero-order valence-corrected chi connectivity index (χ0v) is 50.4. The van der Waals surface area contributed by atoms with Crippen molar-refractivity contribution >= 4 is 17.9 Å². The van der Waals surface area contributed by atoms with E-state index in [-0.39, 0.29) is 31.1 Å². The minimum absolute atomic E-state index is 0.0865. The number of unbranched alkanes of at least 4 members (excludes halogenated alkanes) is 29. The van der Waals surface area contributed by atoms with Crippen molar-refractivity contribution in [2.45, 2.75) is 309 Å². The van der Waals surface area contributed by atoms with Crippen LogP contribution >= 0.6 is 0 Å². The second kappa shape index (κ2) is 64.6. The van der Waals surface area contributed by atoms with Gasteiger partial charge in [0, 0.05) is 19.3 Å². The van der Waals surface area contributed by atoms with Crippen LogP contribution in [-0.2, 0) is 28.6 Å². The molecule has 0 heterocycles. The summed E-state index contributed by atoms with van der Waals surface area (Å²) >= 11 is 0. The maximum absolute atomic E-state index is 12.9. The predicted molar refractivity (Wildman–Crippen MR) is 334 cm³/mol. The highest BCUT2D eigenvalue weighted by Crippen LogP contribution is 2.15. The van der Waals surface area contributed by atoms with Crippen molar-refractivity contribution in [2.24, 2.45) is 0 Å². The molecule has 0 aromatic carbocycles. The zero-order chi connectivity index (χ0) is 55.7. The molecule has 0 spiro atoms. The van der Waals surface area contributed by atoms with E-state index in [0.717, 1.165) is 116 Å². The lowest BCUT2D eigenvalue weighted by Crippen LogP contribution is -2.30. The first-order valence-corrected chi connectivity index (χ1v) is 32.4. The molecule has 0 saturated heterocycles. The monoisotopic (exact) mass is 1070 g/mol. The Balaban J connectivity index is 4.35. The van der Waals surface area contributed by atoms with Gasteiger partial charge in [-0.15, -0.1) is 0 Å². The van der Waals surface area contributed by atoms with Crippen LogP contribution in [-0.4, -0.2) is 37.2 Å². The van der Waals surface area contributed by atoms with E-state index in [0.29, 0.717) is 19.3 Å². The largest absolute Gasteiger partial charge is 0.462 e. The SMILES string of the molecule is CC/C=C\C/C=C\C/C=C\C/C=C\C/C=C\C/C=C\CCCCCCCCCCC(=O)OCC(COC(=O)CCCCCCC/C=C\CCCCCC)OC(=O)CCCCCCCCCCC/C=C\C/C=C\CCCCC. The van der Waals surface area contributed by atoms with Crippen LogP contribution in [0.2, 0.25) is 0 Å². The molecule has 0 aliphatic carbocycles. The molecule has 0 aliphatic heterocycles. The van der Waals surface area contributed by atoms with Crippen LogP contribution in [0.3, 0.4) is 0 Å². The van der Waals surface area contributed by atoms with Crippen LogP contribution in [0.1, 0.15) is 303 Å². The van der Waals surface area contributed by atoms with Crippen LogP contribution in [0.4, 0.5) is 0 Å². The van der Waals surface area contributed by atoms with E-state index < -0.39 is 6.10 Å². The minimum atomic E-state index is -0.790. The molecule has 0 fully saturated rings. The van der Waals surface area contributed by atoms with Crippen LogP contribution < -0.4 is 0 Å². The summed E-state index contributed by atoms with van der Waals surface area (Å²) < 4.78 is 16.9. The number of hydrogen-bond donors (Lipinski definition) is 0. The van der Waals surface area contributed by atoms with Gasteiger partial charge < -0.3 is 14.2 Å². The fourth-order valence-corrected chi connectivity index (χ4v) is 8.88. The van der Waals surface area contributed by atoms with Crippen molar-refractivity contribution in [3.05, 3.63) is 109 Å². The number of rotatable bonds is 58. The summed E-state index contributed by atoms with van der Waals surface area (Å²) in [5, 5.41) is 0. The lowest BCUT2D eigenvalue weighted by atomic mass is 10.1. The summed E-state index contributed by atoms with van der Waals surface area (Å²) in [5.41, 5.74) is 0. The van der Waals surface area contributed by atoms with E-state index in [2.05, 4.69) is 130 Å². The molecule has 6 nitrogen and oxygen atoms in total. The Morgan fingerprint density at radius 1 is 0.273 bits per heavy atom. The van der Waals surface area contributed by atoms with Crippen LogP contribution in [0, 0.1) is 0 Å². The first-order chi connectivity index (χ1) is 38.0. The first-order valence-electron chi connectivity index (χ1n) is 32.4. The van der Waals surface area contributed by atoms with Crippen LogP contribution in [0.15, 0.2) is 109 Å². The van der Waals surface area contributed by atoms with E-state index >= 15 is 0 Å². The number of ether oxygens (including phenoxy) is 3. The Morgan fingerprint density at radius 2 is 0.506 bits per heavy atom. The quantitative estimate of drug-likeness (QED) is 0.0261. The number of carbonyl (C=O) groups is 3. The molecule has 0 rings (SSSR count). The van der Waals surface area contributed by atoms with Gasteiger partial charge in [0.2, 0.25) is 0 Å². The van der Waals surface area contributed by atoms with Crippen molar-refractivity contribution in [3.8, 4) is 0 Å². The average molecular weight is 1070 g/mol. The summed E-state index contributed by atoms with van der Waals surface area (Å²) in [6, 6.07) is 0. The van der Waals surface area contributed by atoms with Crippen molar-refractivity contribution in [1.82, 2.24) is 0 Å². The molecule has 77 heavy (non-hydrogen) atoms. The van der Waals surface area contributed by atoms with Crippen molar-refractivity contribution in [1.29, 1.82) is 0 Å². The number of esters is 3. The standard InChI is InChI=1S/C71H120O6/c1-4-7-10-13-16-19-22-25-27-29-31-32-33-34-35-36-37-38-40-41-43-46-49-52-55-58-61-64-70(73)76-67-68(66-75-69(72)63-60-57-54-51-48-45-24-21-18-15-12-9-6-3)77-71(74)65-62-59-56-53-50-47-44-42-39-30-28-26-23-20-17-14-11-8-5-2/h7,10,16-17,19-21,24-28,31-32,34-35,37-38,68H,4-6,8-9,11-15,18,22-23,29-30,33,36,39-67H2,1-3H3/b10-7-,19-16-,20-17-,24-21-,27-25-,28-26-,32-31-,35-34-,38-37-. The van der Waals surface area contributed by atoms with E-state index in [1.807, 2.05) is 0 Å². The predicted octanol–water partition coefficient (Wildman–Crippen LogP) is 22.2. The molecule has 1 unspecified atom stereocenters. The Kier molecular flexibility index (Phi) is 61.3. The maximum atomic E-state index is 12.9. The van der Waals surface area contributed by atoms with Gasteiger partial charge in [-0.3, -0.25) is 14.4 Å². The first kappa shape index (κ1) is 73.1. The maximum Gasteiger partial charge on any atom is 0.306 e. The molecule has 1 atom stereocenters. The summed E-state index contributed by atoms with van der Waals surface area (Å²) in [4.78, 5) is 38.3. The molecular weight excluding hydrogens is 949 g/mol. The molecule has 0 bridgehead atoms. The minimum Gasteiger partial charge on any atom is -0.462 e. The van der Waals surface area contributed by atoms with Gasteiger partial charge in [-0.25, -0.2) is 0 Å². The normalized spacial score (nSPS) is 12.8. The number of carbonyl (C=O) groups excluding carboxylic acids is 3. The molecule has 0 N–H and O–H groups in total. The highest BCUT2D eigenvalue weighted by Gasteiger charge is 2.19. The lowest BCUT2D eigenvalue weighted by Gasteiger charge is -2.18. The average Bonchev–Trinajstić information content (AvgIpc) is 3.43. The third-order valence-electron chi connectivity index (χ3n) is 13.7. The van der Waals surface area contributed by atoms with Gasteiger partial charge >= 0.3 is 17.9 Å². The summed E-state index contributed by atoms with van der Waals surface area (Å²) in [6.07, 6.45) is 88.0. The molecular formula is C71H120O6. The van der Waals surface area contributed by atoms with Gasteiger partial charge in [0.15, 0.2) is 6.10 Å². The highest BCUT2D eigenvalue weighted by molar-refractivity contribution is 5.71. The van der Waals surface area contributed by atoms with Gasteiger partial charge in [0.1, 0.15) is 13.2 Å². The fraction of sp³-hybridized carbons (Fsp3) is 0.704. The van der Waals surface area contributed by atoms with Crippen molar-refractivity contribution in [2.75, 3.05) is 13.2 Å². The van der Waals surface area contributed by atoms with E-state index in [4.69, 9.17) is 14.2 Å². The summed E-state index contributed by atoms with van der Waals surface area (Å²) in [6.45, 7) is 6.49. The topological polar surface area (TPSA) is 78.9 Å². The Bertz CT molecular complexity index is 1560. The molecule has 0 amide bonds. The molecule has 0 aromatic rings. The lowest BCUT2D eigenvalue weighted by molar-refractivity contribution is -0.167. The Labute approximate surface area is 476 Å². The van der Waals surface area contributed by atoms with Crippen LogP contribution in [0.5, 0.6) is 0 Å². The van der Waals surface area contributed by atoms with Crippen molar-refractivity contribution < 1.29 is 28.6 Å². The van der Waals surface area contributed by atoms with Crippen molar-refractivity contribution in [3.63, 3.8) is 0 Å². The van der Waals surface area contributed by atoms with Gasteiger partial charge in [0.25, 0.3) is 0 Å². The molecule has 0 aromatic heterocycles. The molecule has 0 aliphatic rings. The second-order valence-electron chi connectivity index (χ2n) is 21.3. The third kappa shape index (κ3) is 62.8. The summed E-state index contributed by atoms with van der Waals surface area (Å²) in [5.74, 6) is -0.900. The van der Waals surface area contributed by atoms with Gasteiger partial charge in [0.05, 0.1) is 0 Å². The Morgan fingerprint density at radius 3 is 0.831 bits per heavy atom. The van der Waals surface area contributed by atoms with E-state index in [1.54, 1.807) is 0 Å². The number of hydrogen-bond acceptors (Lipinski definition) is 6. The third-order valence-corrected chi connectivity index (χ3v) is 13.7. The molecule has 0 radical (unpaired) electrons. The fourth-order valence-electron chi connectivity index (χ4n) is 8.88. The smallest absolute Gasteiger partial charge is 0.306 e. The molecule has 440 valence electrons. The van der Waals surface area contributed by atoms with E-state index in [1.165, 1.54) is 148 Å². The van der Waals surface area contributed by atoms with Gasteiger partial charge in [-0.2, -0.15) is 0 Å². The second-order valence-corrected chi connectivity index (χ2v) is 21.3. The highest BCUT2D eigenvalue weighted by atomic mass is 16.6.